The lowest BCUT2D eigenvalue weighted by atomic mass is 10.2. The van der Waals surface area contributed by atoms with Crippen LogP contribution in [0.15, 0.2) is 53.3 Å². The number of rotatable bonds is 0. The van der Waals surface area contributed by atoms with Crippen molar-refractivity contribution in [2.24, 2.45) is 0 Å². The number of fused-ring (bicyclic) bond motifs is 4. The summed E-state index contributed by atoms with van der Waals surface area (Å²) in [5.74, 6) is 0. The van der Waals surface area contributed by atoms with Crippen LogP contribution in [0.1, 0.15) is 0 Å². The number of nitrogens with one attached hydrogen (secondary N) is 1. The third kappa shape index (κ3) is 1.42. The molecular weight excluding hydrogens is 260 g/mol. The Bertz CT molecular complexity index is 997. The minimum atomic E-state index is -0.0263. The predicted molar refractivity (Wildman–Crippen MR) is 78.0 cm³/mol. The molecule has 1 N–H and O–H groups in total. The van der Waals surface area contributed by atoms with Gasteiger partial charge in [0, 0.05) is 10.4 Å². The quantitative estimate of drug-likeness (QED) is 0.520. The first-order valence-electron chi connectivity index (χ1n) is 5.96. The van der Waals surface area contributed by atoms with Gasteiger partial charge in [-0.1, -0.05) is 29.8 Å². The van der Waals surface area contributed by atoms with Crippen molar-refractivity contribution >= 4 is 39.1 Å². The van der Waals surface area contributed by atoms with Crippen molar-refractivity contribution in [3.8, 4) is 0 Å². The molecule has 92 valence electrons. The van der Waals surface area contributed by atoms with Gasteiger partial charge in [0.15, 0.2) is 0 Å². The van der Waals surface area contributed by atoms with Crippen LogP contribution in [0.5, 0.6) is 0 Å². The van der Waals surface area contributed by atoms with Crippen molar-refractivity contribution in [3.05, 3.63) is 63.9 Å². The number of aromatic nitrogens is 2. The average molecular weight is 269 g/mol. The summed E-state index contributed by atoms with van der Waals surface area (Å²) in [5.41, 5.74) is 2.42. The fourth-order valence-electron chi connectivity index (χ4n) is 2.53. The predicted octanol–water partition coefficient (Wildman–Crippen LogP) is 3.59. The smallest absolute Gasteiger partial charge is 0.266 e. The lowest BCUT2D eigenvalue weighted by Crippen LogP contribution is -2.13. The molecule has 0 aliphatic heterocycles. The van der Waals surface area contributed by atoms with Crippen molar-refractivity contribution < 1.29 is 0 Å². The van der Waals surface area contributed by atoms with Crippen LogP contribution >= 0.6 is 11.6 Å². The van der Waals surface area contributed by atoms with E-state index in [1.54, 1.807) is 22.6 Å². The second-order valence-electron chi connectivity index (χ2n) is 4.54. The van der Waals surface area contributed by atoms with Crippen LogP contribution in [0.25, 0.3) is 27.5 Å². The van der Waals surface area contributed by atoms with Gasteiger partial charge in [0.2, 0.25) is 0 Å². The second kappa shape index (κ2) is 3.62. The molecule has 0 amide bonds. The number of halogens is 1. The maximum absolute atomic E-state index is 12.6. The number of benzene rings is 2. The fraction of sp³-hybridized carbons (Fsp3) is 0. The van der Waals surface area contributed by atoms with Crippen molar-refractivity contribution in [1.29, 1.82) is 0 Å². The zero-order valence-corrected chi connectivity index (χ0v) is 10.6. The summed E-state index contributed by atoms with van der Waals surface area (Å²) in [6, 6.07) is 15.1. The molecule has 4 heteroatoms. The lowest BCUT2D eigenvalue weighted by Gasteiger charge is -2.02. The van der Waals surface area contributed by atoms with E-state index < -0.39 is 0 Å². The van der Waals surface area contributed by atoms with Crippen LogP contribution in [-0.2, 0) is 0 Å². The molecule has 4 aromatic rings. The molecule has 0 unspecified atom stereocenters. The Labute approximate surface area is 113 Å². The van der Waals surface area contributed by atoms with Crippen LogP contribution in [0.4, 0.5) is 0 Å². The third-order valence-corrected chi connectivity index (χ3v) is 3.62. The zero-order chi connectivity index (χ0) is 13.0. The molecule has 0 aliphatic rings. The number of nitrogens with zero attached hydrogens (tertiary/aromatic N) is 1. The highest BCUT2D eigenvalue weighted by Gasteiger charge is 2.09. The molecule has 0 aliphatic carbocycles. The lowest BCUT2D eigenvalue weighted by molar-refractivity contribution is 1.15. The summed E-state index contributed by atoms with van der Waals surface area (Å²) in [5, 5.41) is 2.29. The van der Waals surface area contributed by atoms with Crippen LogP contribution in [0, 0.1) is 0 Å². The van der Waals surface area contributed by atoms with E-state index in [4.69, 9.17) is 11.6 Å². The zero-order valence-electron chi connectivity index (χ0n) is 9.85. The van der Waals surface area contributed by atoms with E-state index in [1.807, 2.05) is 30.3 Å². The van der Waals surface area contributed by atoms with E-state index in [0.29, 0.717) is 10.4 Å². The van der Waals surface area contributed by atoms with Gasteiger partial charge in [0.05, 0.1) is 16.4 Å². The van der Waals surface area contributed by atoms with Crippen molar-refractivity contribution in [1.82, 2.24) is 9.38 Å². The maximum Gasteiger partial charge on any atom is 0.266 e. The standard InChI is InChI=1S/C15H9ClN2O/c16-10-5-6-11-12(8-10)17-14-7-9-3-1-2-4-13(9)18(14)15(11)19/h1-8,17H. The van der Waals surface area contributed by atoms with Gasteiger partial charge in [-0.25, -0.2) is 0 Å². The van der Waals surface area contributed by atoms with E-state index in [9.17, 15) is 4.79 Å². The molecule has 0 saturated carbocycles. The molecule has 0 radical (unpaired) electrons. The molecule has 2 aromatic heterocycles. The van der Waals surface area contributed by atoms with Gasteiger partial charge in [-0.3, -0.25) is 9.20 Å². The molecule has 0 bridgehead atoms. The van der Waals surface area contributed by atoms with Crippen LogP contribution < -0.4 is 5.56 Å². The van der Waals surface area contributed by atoms with Gasteiger partial charge in [0.1, 0.15) is 5.65 Å². The highest BCUT2D eigenvalue weighted by Crippen LogP contribution is 2.20. The van der Waals surface area contributed by atoms with E-state index in [-0.39, 0.29) is 5.56 Å². The number of para-hydroxylation sites is 1. The number of H-pyrrole nitrogens is 1. The SMILES string of the molecule is O=c1c2ccc(Cl)cc2[nH]c2cc3ccccc3n12. The Balaban J connectivity index is 2.34. The highest BCUT2D eigenvalue weighted by molar-refractivity contribution is 6.31. The maximum atomic E-state index is 12.6. The molecule has 3 nitrogen and oxygen atoms in total. The van der Waals surface area contributed by atoms with Crippen LogP contribution in [0.3, 0.4) is 0 Å². The topological polar surface area (TPSA) is 37.3 Å². The largest absolute Gasteiger partial charge is 0.341 e. The van der Waals surface area contributed by atoms with Gasteiger partial charge in [-0.2, -0.15) is 0 Å². The van der Waals surface area contributed by atoms with Crippen molar-refractivity contribution in [2.75, 3.05) is 0 Å². The number of hydrogen-bond donors (Lipinski definition) is 1. The van der Waals surface area contributed by atoms with E-state index >= 15 is 0 Å². The Morgan fingerprint density at radius 1 is 1.05 bits per heavy atom. The summed E-state index contributed by atoms with van der Waals surface area (Å²) in [6.07, 6.45) is 0. The summed E-state index contributed by atoms with van der Waals surface area (Å²) in [4.78, 5) is 15.8. The molecule has 0 atom stereocenters. The Hall–Kier alpha value is -2.26. The summed E-state index contributed by atoms with van der Waals surface area (Å²) in [6.45, 7) is 0. The Kier molecular flexibility index (Phi) is 2.03. The van der Waals surface area contributed by atoms with Crippen molar-refractivity contribution in [2.45, 2.75) is 0 Å². The molecule has 0 fully saturated rings. The fourth-order valence-corrected chi connectivity index (χ4v) is 2.70. The van der Waals surface area contributed by atoms with Gasteiger partial charge in [0.25, 0.3) is 5.56 Å². The Morgan fingerprint density at radius 2 is 1.89 bits per heavy atom. The average Bonchev–Trinajstić information content (AvgIpc) is 2.76. The first kappa shape index (κ1) is 10.6. The van der Waals surface area contributed by atoms with Gasteiger partial charge in [-0.15, -0.1) is 0 Å². The summed E-state index contributed by atoms with van der Waals surface area (Å²) in [7, 11) is 0. The van der Waals surface area contributed by atoms with Gasteiger partial charge < -0.3 is 4.98 Å². The number of aromatic amines is 1. The molecule has 2 aromatic carbocycles. The monoisotopic (exact) mass is 268 g/mol. The van der Waals surface area contributed by atoms with Gasteiger partial charge in [-0.05, 0) is 30.3 Å². The first-order valence-corrected chi connectivity index (χ1v) is 6.33. The molecule has 0 spiro atoms. The Morgan fingerprint density at radius 3 is 2.79 bits per heavy atom. The molecule has 4 rings (SSSR count). The first-order chi connectivity index (χ1) is 9.24. The summed E-state index contributed by atoms with van der Waals surface area (Å²) >= 11 is 5.97. The second-order valence-corrected chi connectivity index (χ2v) is 4.98. The molecular formula is C15H9ClN2O. The minimum Gasteiger partial charge on any atom is -0.341 e. The van der Waals surface area contributed by atoms with Gasteiger partial charge >= 0.3 is 0 Å². The minimum absolute atomic E-state index is 0.0263. The van der Waals surface area contributed by atoms with E-state index in [1.165, 1.54) is 0 Å². The third-order valence-electron chi connectivity index (χ3n) is 3.39. The molecule has 0 saturated heterocycles. The normalized spacial score (nSPS) is 11.6. The van der Waals surface area contributed by atoms with E-state index in [0.717, 1.165) is 22.1 Å². The highest BCUT2D eigenvalue weighted by atomic mass is 35.5. The van der Waals surface area contributed by atoms with Crippen LogP contribution in [-0.4, -0.2) is 9.38 Å². The number of hydrogen-bond acceptors (Lipinski definition) is 1. The summed E-state index contributed by atoms with van der Waals surface area (Å²) < 4.78 is 1.70. The molecule has 2 heterocycles. The van der Waals surface area contributed by atoms with Crippen LogP contribution in [0.2, 0.25) is 5.02 Å². The molecule has 19 heavy (non-hydrogen) atoms. The van der Waals surface area contributed by atoms with Crippen molar-refractivity contribution in [3.63, 3.8) is 0 Å². The van der Waals surface area contributed by atoms with E-state index in [2.05, 4.69) is 4.98 Å².